The lowest BCUT2D eigenvalue weighted by atomic mass is 10.2. The molecule has 0 unspecified atom stereocenters. The molecule has 0 aliphatic rings. The predicted octanol–water partition coefficient (Wildman–Crippen LogP) is 1.38. The summed E-state index contributed by atoms with van der Waals surface area (Å²) in [6, 6.07) is 0.401. The monoisotopic (exact) mass is 282 g/mol. The lowest BCUT2D eigenvalue weighted by molar-refractivity contribution is -0.391. The van der Waals surface area contributed by atoms with Crippen molar-refractivity contribution in [1.82, 2.24) is 4.98 Å². The quantitative estimate of drug-likeness (QED) is 0.506. The van der Waals surface area contributed by atoms with Crippen LogP contribution in [0.15, 0.2) is 6.07 Å². The van der Waals surface area contributed by atoms with Crippen LogP contribution in [-0.4, -0.2) is 34.5 Å². The first-order chi connectivity index (χ1) is 8.65. The Bertz CT molecular complexity index is 530. The van der Waals surface area contributed by atoms with E-state index in [0.29, 0.717) is 6.07 Å². The highest BCUT2D eigenvalue weighted by Gasteiger charge is 2.38. The van der Waals surface area contributed by atoms with E-state index >= 15 is 0 Å². The van der Waals surface area contributed by atoms with Crippen molar-refractivity contribution in [3.05, 3.63) is 21.7 Å². The number of aromatic nitrogens is 1. The number of hydrogen-bond donors (Lipinski definition) is 1. The van der Waals surface area contributed by atoms with Gasteiger partial charge in [0.25, 0.3) is 0 Å². The number of carbonyl (C=O) groups excluding carboxylic acids is 1. The maximum atomic E-state index is 12.1. The number of methoxy groups -OCH3 is 1. The van der Waals surface area contributed by atoms with Gasteiger partial charge in [-0.05, 0) is 4.92 Å². The fourth-order valence-electron chi connectivity index (χ4n) is 1.05. The molecule has 0 radical (unpaired) electrons. The van der Waals surface area contributed by atoms with Crippen molar-refractivity contribution in [3.63, 3.8) is 0 Å². The zero-order valence-corrected chi connectivity index (χ0v) is 9.09. The standard InChI is InChI=1S/C8H5F3N2O6/c1-18-7(15)3-2-4(14)5(13(16)17)12-6(3)19-8(9,10)11/h2,14H,1H3. The number of nitrogens with zero attached hydrogens (tertiary/aromatic N) is 2. The molecule has 1 N–H and O–H groups in total. The van der Waals surface area contributed by atoms with Gasteiger partial charge in [-0.1, -0.05) is 0 Å². The van der Waals surface area contributed by atoms with Crippen LogP contribution in [0.25, 0.3) is 0 Å². The summed E-state index contributed by atoms with van der Waals surface area (Å²) < 4.78 is 43.7. The van der Waals surface area contributed by atoms with E-state index in [1.165, 1.54) is 0 Å². The third-order valence-corrected chi connectivity index (χ3v) is 1.74. The van der Waals surface area contributed by atoms with Crippen molar-refractivity contribution < 1.29 is 37.5 Å². The zero-order valence-electron chi connectivity index (χ0n) is 9.09. The SMILES string of the molecule is COC(=O)c1cc(O)c([N+](=O)[O-])nc1OC(F)(F)F. The van der Waals surface area contributed by atoms with Crippen molar-refractivity contribution in [3.8, 4) is 11.6 Å². The summed E-state index contributed by atoms with van der Waals surface area (Å²) in [5.74, 6) is -5.08. The average molecular weight is 282 g/mol. The number of hydrogen-bond acceptors (Lipinski definition) is 7. The zero-order chi connectivity index (χ0) is 14.8. The molecule has 0 bridgehead atoms. The van der Waals surface area contributed by atoms with E-state index in [1.807, 2.05) is 0 Å². The normalized spacial score (nSPS) is 10.9. The second-order valence-electron chi connectivity index (χ2n) is 2.98. The van der Waals surface area contributed by atoms with Crippen LogP contribution in [0.4, 0.5) is 19.0 Å². The topological polar surface area (TPSA) is 112 Å². The van der Waals surface area contributed by atoms with Crippen molar-refractivity contribution in [1.29, 1.82) is 0 Å². The molecule has 0 atom stereocenters. The summed E-state index contributed by atoms with van der Waals surface area (Å²) in [6.07, 6.45) is -5.22. The number of esters is 1. The molecule has 0 aliphatic carbocycles. The van der Waals surface area contributed by atoms with E-state index in [2.05, 4.69) is 14.5 Å². The van der Waals surface area contributed by atoms with Crippen LogP contribution < -0.4 is 4.74 Å². The molecule has 1 aromatic heterocycles. The van der Waals surface area contributed by atoms with Crippen LogP contribution in [0.5, 0.6) is 11.6 Å². The molecule has 104 valence electrons. The van der Waals surface area contributed by atoms with Crippen LogP contribution in [0, 0.1) is 10.1 Å². The van der Waals surface area contributed by atoms with Gasteiger partial charge in [0.1, 0.15) is 0 Å². The molecule has 0 fully saturated rings. The first kappa shape index (κ1) is 14.5. The number of carbonyl (C=O) groups is 1. The van der Waals surface area contributed by atoms with Gasteiger partial charge < -0.3 is 24.7 Å². The van der Waals surface area contributed by atoms with Crippen LogP contribution in [0.3, 0.4) is 0 Å². The van der Waals surface area contributed by atoms with Gasteiger partial charge in [0, 0.05) is 11.1 Å². The van der Waals surface area contributed by atoms with Crippen LogP contribution >= 0.6 is 0 Å². The lowest BCUT2D eigenvalue weighted by Gasteiger charge is -2.08. The Morgan fingerprint density at radius 2 is 2.11 bits per heavy atom. The highest BCUT2D eigenvalue weighted by Crippen LogP contribution is 2.33. The second-order valence-corrected chi connectivity index (χ2v) is 2.98. The Balaban J connectivity index is 3.41. The third kappa shape index (κ3) is 3.43. The van der Waals surface area contributed by atoms with Crippen molar-refractivity contribution in [2.75, 3.05) is 7.11 Å². The van der Waals surface area contributed by atoms with Gasteiger partial charge in [0.05, 0.1) is 7.11 Å². The number of ether oxygens (including phenoxy) is 2. The van der Waals surface area contributed by atoms with Gasteiger partial charge in [0.15, 0.2) is 5.56 Å². The molecule has 0 saturated carbocycles. The Labute approximate surface area is 102 Å². The van der Waals surface area contributed by atoms with Crippen LogP contribution in [0.1, 0.15) is 10.4 Å². The molecular formula is C8H5F3N2O6. The van der Waals surface area contributed by atoms with Gasteiger partial charge >= 0.3 is 24.0 Å². The molecule has 1 aromatic rings. The smallest absolute Gasteiger partial charge is 0.501 e. The van der Waals surface area contributed by atoms with E-state index < -0.39 is 40.3 Å². The maximum Gasteiger partial charge on any atom is 0.575 e. The summed E-state index contributed by atoms with van der Waals surface area (Å²) in [5, 5.41) is 19.6. The van der Waals surface area contributed by atoms with E-state index in [-0.39, 0.29) is 0 Å². The molecule has 19 heavy (non-hydrogen) atoms. The molecule has 11 heteroatoms. The largest absolute Gasteiger partial charge is 0.575 e. The molecule has 0 spiro atoms. The van der Waals surface area contributed by atoms with Crippen LogP contribution in [-0.2, 0) is 4.74 Å². The number of aromatic hydroxyl groups is 1. The van der Waals surface area contributed by atoms with Crippen molar-refractivity contribution in [2.45, 2.75) is 6.36 Å². The number of halogens is 3. The Morgan fingerprint density at radius 1 is 1.53 bits per heavy atom. The molecule has 0 aliphatic heterocycles. The fourth-order valence-corrected chi connectivity index (χ4v) is 1.05. The average Bonchev–Trinajstić information content (AvgIpc) is 2.27. The van der Waals surface area contributed by atoms with E-state index in [0.717, 1.165) is 7.11 Å². The molecule has 1 rings (SSSR count). The van der Waals surface area contributed by atoms with Gasteiger partial charge in [0.2, 0.25) is 5.75 Å². The second kappa shape index (κ2) is 4.96. The van der Waals surface area contributed by atoms with E-state index in [9.17, 15) is 33.2 Å². The van der Waals surface area contributed by atoms with E-state index in [4.69, 9.17) is 0 Å². The number of pyridine rings is 1. The van der Waals surface area contributed by atoms with Gasteiger partial charge in [-0.3, -0.25) is 0 Å². The summed E-state index contributed by atoms with van der Waals surface area (Å²) in [5.41, 5.74) is -0.900. The van der Waals surface area contributed by atoms with Gasteiger partial charge in [-0.25, -0.2) is 4.79 Å². The fraction of sp³-hybridized carbons (Fsp3) is 0.250. The molecule has 0 saturated heterocycles. The Kier molecular flexibility index (Phi) is 3.77. The predicted molar refractivity (Wildman–Crippen MR) is 50.6 cm³/mol. The highest BCUT2D eigenvalue weighted by molar-refractivity contribution is 5.92. The number of rotatable bonds is 3. The molecule has 1 heterocycles. The number of alkyl halides is 3. The minimum atomic E-state index is -5.22. The first-order valence-corrected chi connectivity index (χ1v) is 4.38. The molecule has 0 aromatic carbocycles. The Hall–Kier alpha value is -2.59. The highest BCUT2D eigenvalue weighted by atomic mass is 19.4. The van der Waals surface area contributed by atoms with Gasteiger partial charge in [-0.15, -0.1) is 13.2 Å². The molecular weight excluding hydrogens is 277 g/mol. The lowest BCUT2D eigenvalue weighted by Crippen LogP contribution is -2.20. The number of nitro groups is 1. The minimum absolute atomic E-state index is 0.401. The molecule has 8 nitrogen and oxygen atoms in total. The third-order valence-electron chi connectivity index (χ3n) is 1.74. The molecule has 0 amide bonds. The maximum absolute atomic E-state index is 12.1. The summed E-state index contributed by atoms with van der Waals surface area (Å²) >= 11 is 0. The minimum Gasteiger partial charge on any atom is -0.501 e. The first-order valence-electron chi connectivity index (χ1n) is 4.38. The van der Waals surface area contributed by atoms with Crippen molar-refractivity contribution in [2.24, 2.45) is 0 Å². The van der Waals surface area contributed by atoms with E-state index in [1.54, 1.807) is 0 Å². The summed E-state index contributed by atoms with van der Waals surface area (Å²) in [7, 11) is 0.859. The van der Waals surface area contributed by atoms with Gasteiger partial charge in [-0.2, -0.15) is 0 Å². The van der Waals surface area contributed by atoms with Crippen LogP contribution in [0.2, 0.25) is 0 Å². The summed E-state index contributed by atoms with van der Waals surface area (Å²) in [6.45, 7) is 0. The van der Waals surface area contributed by atoms with Crippen molar-refractivity contribution >= 4 is 11.8 Å². The Morgan fingerprint density at radius 3 is 2.53 bits per heavy atom. The summed E-state index contributed by atoms with van der Waals surface area (Å²) in [4.78, 5) is 23.2.